The molecule has 2 N–H and O–H groups in total. The fourth-order valence-corrected chi connectivity index (χ4v) is 2.28. The number of hydrogen-bond acceptors (Lipinski definition) is 6. The first-order valence-electron chi connectivity index (χ1n) is 7.33. The van der Waals surface area contributed by atoms with Gasteiger partial charge in [0.2, 0.25) is 0 Å². The zero-order valence-corrected chi connectivity index (χ0v) is 14.2. The summed E-state index contributed by atoms with van der Waals surface area (Å²) < 4.78 is 10.7. The molecule has 2 aromatic rings. The van der Waals surface area contributed by atoms with Crippen LogP contribution in [0.5, 0.6) is 11.5 Å². The number of anilines is 1. The number of benzene rings is 1. The molecule has 0 saturated carbocycles. The lowest BCUT2D eigenvalue weighted by atomic mass is 10.1. The largest absolute Gasteiger partial charge is 0.493 e. The molecular weight excluding hydrogens is 330 g/mol. The first-order valence-corrected chi connectivity index (χ1v) is 7.71. The number of aliphatic hydroxyl groups excluding tert-OH is 1. The van der Waals surface area contributed by atoms with Crippen LogP contribution in [0.1, 0.15) is 24.2 Å². The first kappa shape index (κ1) is 17.9. The number of rotatable bonds is 7. The van der Waals surface area contributed by atoms with Gasteiger partial charge in [0.25, 0.3) is 0 Å². The molecule has 0 saturated heterocycles. The maximum absolute atomic E-state index is 8.99. The normalized spacial score (nSPS) is 11.5. The molecule has 7 heteroatoms. The zero-order valence-electron chi connectivity index (χ0n) is 13.4. The van der Waals surface area contributed by atoms with Crippen LogP contribution < -0.4 is 14.8 Å². The van der Waals surface area contributed by atoms with Gasteiger partial charge in [-0.25, -0.2) is 4.98 Å². The van der Waals surface area contributed by atoms with E-state index in [2.05, 4.69) is 10.3 Å². The quantitative estimate of drug-likeness (QED) is 0.800. The van der Waals surface area contributed by atoms with Crippen molar-refractivity contribution in [1.82, 2.24) is 4.98 Å². The molecule has 2 rings (SSSR count). The maximum Gasteiger partial charge on any atom is 0.161 e. The van der Waals surface area contributed by atoms with E-state index in [4.69, 9.17) is 31.4 Å². The Kier molecular flexibility index (Phi) is 6.24. The van der Waals surface area contributed by atoms with Crippen LogP contribution in [0, 0.1) is 11.3 Å². The zero-order chi connectivity index (χ0) is 17.5. The van der Waals surface area contributed by atoms with Crippen LogP contribution in [0.3, 0.4) is 0 Å². The number of nitrogens with one attached hydrogen (secondary N) is 1. The second-order valence-corrected chi connectivity index (χ2v) is 5.39. The van der Waals surface area contributed by atoms with Gasteiger partial charge in [-0.3, -0.25) is 0 Å². The van der Waals surface area contributed by atoms with E-state index < -0.39 is 0 Å². The van der Waals surface area contributed by atoms with E-state index in [-0.39, 0.29) is 24.9 Å². The molecule has 0 radical (unpaired) electrons. The van der Waals surface area contributed by atoms with Gasteiger partial charge in [0.15, 0.2) is 17.2 Å². The van der Waals surface area contributed by atoms with Crippen molar-refractivity contribution in [1.29, 1.82) is 5.26 Å². The van der Waals surface area contributed by atoms with Crippen molar-refractivity contribution in [2.75, 3.05) is 25.6 Å². The van der Waals surface area contributed by atoms with Crippen LogP contribution in [0.15, 0.2) is 30.3 Å². The average molecular weight is 348 g/mol. The molecule has 0 bridgehead atoms. The van der Waals surface area contributed by atoms with Crippen molar-refractivity contribution >= 4 is 17.4 Å². The summed E-state index contributed by atoms with van der Waals surface area (Å²) in [6, 6.07) is 10.8. The molecule has 6 nitrogen and oxygen atoms in total. The average Bonchev–Trinajstić information content (AvgIpc) is 2.61. The smallest absolute Gasteiger partial charge is 0.161 e. The fraction of sp³-hybridized carbons (Fsp3) is 0.294. The van der Waals surface area contributed by atoms with Crippen molar-refractivity contribution < 1.29 is 14.6 Å². The fourth-order valence-electron chi connectivity index (χ4n) is 2.13. The molecule has 0 amide bonds. The Bertz CT molecular complexity index is 746. The van der Waals surface area contributed by atoms with E-state index in [1.807, 2.05) is 25.1 Å². The minimum Gasteiger partial charge on any atom is -0.493 e. The lowest BCUT2D eigenvalue weighted by Crippen LogP contribution is -2.09. The van der Waals surface area contributed by atoms with E-state index in [9.17, 15) is 0 Å². The van der Waals surface area contributed by atoms with E-state index in [1.165, 1.54) is 0 Å². The summed E-state index contributed by atoms with van der Waals surface area (Å²) in [5.41, 5.74) is 1.14. The van der Waals surface area contributed by atoms with Gasteiger partial charge in [-0.1, -0.05) is 17.7 Å². The molecule has 1 aromatic carbocycles. The van der Waals surface area contributed by atoms with Gasteiger partial charge >= 0.3 is 0 Å². The number of aromatic nitrogens is 1. The van der Waals surface area contributed by atoms with Gasteiger partial charge in [0.1, 0.15) is 18.5 Å². The topological polar surface area (TPSA) is 87.4 Å². The van der Waals surface area contributed by atoms with Crippen molar-refractivity contribution in [3.8, 4) is 17.6 Å². The SMILES string of the molecule is COc1cc([C@@H](C)Nc2ccc(Cl)c(C#N)n2)ccc1OCCO. The lowest BCUT2D eigenvalue weighted by Gasteiger charge is -2.17. The predicted octanol–water partition coefficient (Wildman–Crippen LogP) is 3.16. The number of ether oxygens (including phenoxy) is 2. The van der Waals surface area contributed by atoms with Crippen molar-refractivity contribution in [3.63, 3.8) is 0 Å². The van der Waals surface area contributed by atoms with Crippen LogP contribution in [-0.4, -0.2) is 30.4 Å². The van der Waals surface area contributed by atoms with Gasteiger partial charge in [0.05, 0.1) is 24.8 Å². The molecule has 126 valence electrons. The summed E-state index contributed by atoms with van der Waals surface area (Å²) in [5.74, 6) is 1.71. The van der Waals surface area contributed by atoms with Crippen LogP contribution >= 0.6 is 11.6 Å². The van der Waals surface area contributed by atoms with Crippen molar-refractivity contribution in [2.24, 2.45) is 0 Å². The third-order valence-electron chi connectivity index (χ3n) is 3.35. The Morgan fingerprint density at radius 3 is 2.79 bits per heavy atom. The molecule has 24 heavy (non-hydrogen) atoms. The minimum atomic E-state index is -0.0778. The van der Waals surface area contributed by atoms with Gasteiger partial charge in [0, 0.05) is 0 Å². The number of nitrogens with zero attached hydrogens (tertiary/aromatic N) is 2. The second kappa shape index (κ2) is 8.39. The van der Waals surface area contributed by atoms with Gasteiger partial charge in [-0.15, -0.1) is 0 Å². The molecule has 1 atom stereocenters. The molecule has 1 aromatic heterocycles. The van der Waals surface area contributed by atoms with Gasteiger partial charge in [-0.05, 0) is 36.8 Å². The van der Waals surface area contributed by atoms with E-state index in [0.29, 0.717) is 22.3 Å². The Morgan fingerprint density at radius 2 is 2.12 bits per heavy atom. The monoisotopic (exact) mass is 347 g/mol. The molecule has 1 heterocycles. The number of halogens is 1. The molecular formula is C17H18ClN3O3. The lowest BCUT2D eigenvalue weighted by molar-refractivity contribution is 0.196. The Morgan fingerprint density at radius 1 is 1.33 bits per heavy atom. The summed E-state index contributed by atoms with van der Waals surface area (Å²) in [6.07, 6.45) is 0. The highest BCUT2D eigenvalue weighted by Gasteiger charge is 2.12. The second-order valence-electron chi connectivity index (χ2n) is 4.99. The van der Waals surface area contributed by atoms with E-state index >= 15 is 0 Å². The third kappa shape index (κ3) is 4.28. The number of aliphatic hydroxyl groups is 1. The molecule has 0 aliphatic carbocycles. The minimum absolute atomic E-state index is 0.0632. The number of methoxy groups -OCH3 is 1. The molecule has 0 spiro atoms. The Balaban J connectivity index is 2.17. The molecule has 0 fully saturated rings. The van der Waals surface area contributed by atoms with Gasteiger partial charge in [-0.2, -0.15) is 5.26 Å². The third-order valence-corrected chi connectivity index (χ3v) is 3.66. The standard InChI is InChI=1S/C17H18ClN3O3/c1-11(20-17-6-4-13(18)14(10-19)21-17)12-3-5-15(24-8-7-22)16(9-12)23-2/h3-6,9,11,22H,7-8H2,1-2H3,(H,20,21)/t11-/m1/s1. The van der Waals surface area contributed by atoms with Crippen LogP contribution in [-0.2, 0) is 0 Å². The highest BCUT2D eigenvalue weighted by molar-refractivity contribution is 6.31. The van der Waals surface area contributed by atoms with Crippen molar-refractivity contribution in [2.45, 2.75) is 13.0 Å². The molecule has 0 unspecified atom stereocenters. The number of hydrogen-bond donors (Lipinski definition) is 2. The Hall–Kier alpha value is -2.49. The van der Waals surface area contributed by atoms with Crippen LogP contribution in [0.4, 0.5) is 5.82 Å². The van der Waals surface area contributed by atoms with Crippen LogP contribution in [0.2, 0.25) is 5.02 Å². The summed E-state index contributed by atoms with van der Waals surface area (Å²) in [5, 5.41) is 21.4. The summed E-state index contributed by atoms with van der Waals surface area (Å²) in [7, 11) is 1.56. The van der Waals surface area contributed by atoms with Crippen LogP contribution in [0.25, 0.3) is 0 Å². The molecule has 0 aliphatic heterocycles. The van der Waals surface area contributed by atoms with Gasteiger partial charge < -0.3 is 19.9 Å². The summed E-state index contributed by atoms with van der Waals surface area (Å²) in [4.78, 5) is 4.17. The maximum atomic E-state index is 8.99. The highest BCUT2D eigenvalue weighted by Crippen LogP contribution is 2.31. The number of nitriles is 1. The summed E-state index contributed by atoms with van der Waals surface area (Å²) in [6.45, 7) is 2.10. The first-order chi connectivity index (χ1) is 11.6. The predicted molar refractivity (Wildman–Crippen MR) is 91.6 cm³/mol. The van der Waals surface area contributed by atoms with Crippen molar-refractivity contribution in [3.05, 3.63) is 46.6 Å². The molecule has 0 aliphatic rings. The van der Waals surface area contributed by atoms with E-state index in [0.717, 1.165) is 5.56 Å². The Labute approximate surface area is 145 Å². The number of pyridine rings is 1. The van der Waals surface area contributed by atoms with E-state index in [1.54, 1.807) is 25.3 Å². The summed E-state index contributed by atoms with van der Waals surface area (Å²) >= 11 is 5.89. The highest BCUT2D eigenvalue weighted by atomic mass is 35.5.